The van der Waals surface area contributed by atoms with Crippen molar-refractivity contribution in [2.24, 2.45) is 5.92 Å². The maximum atomic E-state index is 12.2. The Bertz CT molecular complexity index is 433. The lowest BCUT2D eigenvalue weighted by atomic mass is 9.96. The number of carbonyl (C=O) groups is 1. The molecular formula is C15H24BrClN2OS. The van der Waals surface area contributed by atoms with Gasteiger partial charge in [-0.15, -0.1) is 23.7 Å². The van der Waals surface area contributed by atoms with E-state index in [0.29, 0.717) is 12.3 Å². The van der Waals surface area contributed by atoms with Crippen molar-refractivity contribution in [1.82, 2.24) is 10.2 Å². The molecule has 1 aromatic rings. The number of likely N-dealkylation sites (tertiary alicyclic amines) is 1. The molecule has 3 nitrogen and oxygen atoms in total. The molecule has 1 amide bonds. The number of piperidine rings is 1. The van der Waals surface area contributed by atoms with Crippen molar-refractivity contribution in [2.45, 2.75) is 32.6 Å². The van der Waals surface area contributed by atoms with Gasteiger partial charge in [0.05, 0.1) is 0 Å². The first kappa shape index (κ1) is 18.9. The number of aryl methyl sites for hydroxylation is 1. The first-order valence-electron chi connectivity index (χ1n) is 7.40. The van der Waals surface area contributed by atoms with Gasteiger partial charge in [0, 0.05) is 34.2 Å². The van der Waals surface area contributed by atoms with E-state index in [9.17, 15) is 4.79 Å². The van der Waals surface area contributed by atoms with E-state index in [1.807, 2.05) is 4.90 Å². The molecule has 0 spiro atoms. The second-order valence-corrected chi connectivity index (χ2v) is 7.27. The van der Waals surface area contributed by atoms with E-state index in [4.69, 9.17) is 0 Å². The Morgan fingerprint density at radius 2 is 2.19 bits per heavy atom. The van der Waals surface area contributed by atoms with Crippen LogP contribution in [0.25, 0.3) is 0 Å². The van der Waals surface area contributed by atoms with Crippen LogP contribution in [-0.2, 0) is 11.2 Å². The van der Waals surface area contributed by atoms with Gasteiger partial charge >= 0.3 is 0 Å². The van der Waals surface area contributed by atoms with E-state index in [1.54, 1.807) is 11.3 Å². The minimum atomic E-state index is 0. The zero-order valence-electron chi connectivity index (χ0n) is 12.4. The van der Waals surface area contributed by atoms with E-state index in [-0.39, 0.29) is 12.4 Å². The molecule has 0 atom stereocenters. The Morgan fingerprint density at radius 1 is 1.48 bits per heavy atom. The number of nitrogens with one attached hydrogen (secondary N) is 1. The quantitative estimate of drug-likeness (QED) is 0.796. The second kappa shape index (κ2) is 9.82. The number of hydrogen-bond donors (Lipinski definition) is 1. The fourth-order valence-corrected chi connectivity index (χ4v) is 4.06. The van der Waals surface area contributed by atoms with Crippen molar-refractivity contribution in [3.05, 3.63) is 20.8 Å². The van der Waals surface area contributed by atoms with Crippen LogP contribution in [0.5, 0.6) is 0 Å². The normalized spacial score (nSPS) is 15.8. The van der Waals surface area contributed by atoms with Crippen LogP contribution < -0.4 is 5.32 Å². The van der Waals surface area contributed by atoms with Gasteiger partial charge in [0.25, 0.3) is 0 Å². The first-order valence-corrected chi connectivity index (χ1v) is 9.07. The molecular weight excluding hydrogens is 372 g/mol. The monoisotopic (exact) mass is 394 g/mol. The van der Waals surface area contributed by atoms with Gasteiger partial charge in [-0.05, 0) is 60.3 Å². The molecule has 120 valence electrons. The molecule has 1 aromatic heterocycles. The summed E-state index contributed by atoms with van der Waals surface area (Å²) in [5.41, 5.74) is 0. The van der Waals surface area contributed by atoms with Crippen molar-refractivity contribution >= 4 is 45.6 Å². The zero-order valence-corrected chi connectivity index (χ0v) is 15.7. The molecule has 0 aliphatic carbocycles. The van der Waals surface area contributed by atoms with Gasteiger partial charge < -0.3 is 10.2 Å². The molecule has 1 aliphatic rings. The predicted molar refractivity (Wildman–Crippen MR) is 95.4 cm³/mol. The zero-order chi connectivity index (χ0) is 14.4. The molecule has 2 heterocycles. The number of carbonyl (C=O) groups excluding carboxylic acids is 1. The summed E-state index contributed by atoms with van der Waals surface area (Å²) in [5, 5.41) is 5.48. The van der Waals surface area contributed by atoms with E-state index in [2.05, 4.69) is 39.6 Å². The Morgan fingerprint density at radius 3 is 2.76 bits per heavy atom. The minimum absolute atomic E-state index is 0. The molecule has 0 saturated carbocycles. The van der Waals surface area contributed by atoms with Crippen molar-refractivity contribution in [1.29, 1.82) is 0 Å². The first-order chi connectivity index (χ1) is 9.69. The van der Waals surface area contributed by atoms with E-state index < -0.39 is 0 Å². The van der Waals surface area contributed by atoms with E-state index in [0.717, 1.165) is 55.8 Å². The summed E-state index contributed by atoms with van der Waals surface area (Å²) in [7, 11) is 0. The summed E-state index contributed by atoms with van der Waals surface area (Å²) < 4.78 is 1.12. The lowest BCUT2D eigenvalue weighted by Gasteiger charge is -2.32. The Labute approximate surface area is 146 Å². The number of rotatable bonds is 6. The minimum Gasteiger partial charge on any atom is -0.343 e. The van der Waals surface area contributed by atoms with Crippen LogP contribution in [0.2, 0.25) is 0 Å². The average molecular weight is 396 g/mol. The number of nitrogens with zero attached hydrogens (tertiary/aromatic N) is 1. The lowest BCUT2D eigenvalue weighted by molar-refractivity contribution is -0.132. The highest BCUT2D eigenvalue weighted by atomic mass is 79.9. The number of halogens is 2. The summed E-state index contributed by atoms with van der Waals surface area (Å²) in [6, 6.07) is 2.11. The highest BCUT2D eigenvalue weighted by Gasteiger charge is 2.22. The summed E-state index contributed by atoms with van der Waals surface area (Å²) in [5.74, 6) is 1.06. The van der Waals surface area contributed by atoms with Gasteiger partial charge in [-0.3, -0.25) is 4.79 Å². The van der Waals surface area contributed by atoms with Crippen LogP contribution in [0.4, 0.5) is 0 Å². The van der Waals surface area contributed by atoms with Crippen LogP contribution in [0.15, 0.2) is 15.9 Å². The molecule has 0 radical (unpaired) electrons. The van der Waals surface area contributed by atoms with Gasteiger partial charge in [-0.25, -0.2) is 0 Å². The molecule has 0 unspecified atom stereocenters. The van der Waals surface area contributed by atoms with Crippen molar-refractivity contribution in [3.63, 3.8) is 0 Å². The number of amides is 1. The summed E-state index contributed by atoms with van der Waals surface area (Å²) in [6.45, 7) is 6.14. The van der Waals surface area contributed by atoms with Gasteiger partial charge in [0.2, 0.25) is 5.91 Å². The lowest BCUT2D eigenvalue weighted by Crippen LogP contribution is -2.40. The summed E-state index contributed by atoms with van der Waals surface area (Å²) >= 11 is 5.17. The van der Waals surface area contributed by atoms with Crippen LogP contribution in [0.3, 0.4) is 0 Å². The highest BCUT2D eigenvalue weighted by Crippen LogP contribution is 2.22. The molecule has 2 rings (SSSR count). The second-order valence-electron chi connectivity index (χ2n) is 5.36. The Kier molecular flexibility index (Phi) is 8.86. The Balaban J connectivity index is 0.00000220. The molecule has 6 heteroatoms. The number of hydrogen-bond acceptors (Lipinski definition) is 3. The molecule has 0 bridgehead atoms. The highest BCUT2D eigenvalue weighted by molar-refractivity contribution is 9.10. The van der Waals surface area contributed by atoms with Crippen molar-refractivity contribution in [3.8, 4) is 0 Å². The van der Waals surface area contributed by atoms with Crippen LogP contribution in [-0.4, -0.2) is 37.0 Å². The van der Waals surface area contributed by atoms with Crippen LogP contribution in [0.1, 0.15) is 31.1 Å². The third kappa shape index (κ3) is 6.27. The van der Waals surface area contributed by atoms with Gasteiger partial charge in [-0.2, -0.15) is 0 Å². The molecule has 1 fully saturated rings. The van der Waals surface area contributed by atoms with E-state index in [1.165, 1.54) is 4.88 Å². The molecule has 0 aromatic carbocycles. The van der Waals surface area contributed by atoms with Gasteiger partial charge in [0.15, 0.2) is 0 Å². The molecule has 21 heavy (non-hydrogen) atoms. The standard InChI is InChI=1S/C15H23BrN2OS.ClH/c1-2-17-10-12-5-7-18(8-6-12)15(19)4-3-14-9-13(16)11-20-14;/h9,11-12,17H,2-8,10H2,1H3;1H. The fraction of sp³-hybridized carbons (Fsp3) is 0.667. The summed E-state index contributed by atoms with van der Waals surface area (Å²) in [4.78, 5) is 15.5. The SMILES string of the molecule is CCNCC1CCN(C(=O)CCc2cc(Br)cs2)CC1.Cl. The molecule has 1 saturated heterocycles. The van der Waals surface area contributed by atoms with Crippen LogP contribution in [0, 0.1) is 5.92 Å². The fourth-order valence-electron chi connectivity index (χ4n) is 2.61. The van der Waals surface area contributed by atoms with Gasteiger partial charge in [-0.1, -0.05) is 6.92 Å². The third-order valence-electron chi connectivity index (χ3n) is 3.86. The topological polar surface area (TPSA) is 32.3 Å². The Hall–Kier alpha value is -0.100. The number of thiophene rings is 1. The predicted octanol–water partition coefficient (Wildman–Crippen LogP) is 3.71. The molecule has 1 N–H and O–H groups in total. The maximum Gasteiger partial charge on any atom is 0.222 e. The third-order valence-corrected chi connectivity index (χ3v) is 5.61. The van der Waals surface area contributed by atoms with Crippen molar-refractivity contribution < 1.29 is 4.79 Å². The largest absolute Gasteiger partial charge is 0.343 e. The van der Waals surface area contributed by atoms with Crippen molar-refractivity contribution in [2.75, 3.05) is 26.2 Å². The average Bonchev–Trinajstić information content (AvgIpc) is 2.89. The smallest absolute Gasteiger partial charge is 0.222 e. The maximum absolute atomic E-state index is 12.2. The van der Waals surface area contributed by atoms with Crippen LogP contribution >= 0.6 is 39.7 Å². The molecule has 1 aliphatic heterocycles. The van der Waals surface area contributed by atoms with E-state index >= 15 is 0 Å². The summed E-state index contributed by atoms with van der Waals surface area (Å²) in [6.07, 6.45) is 3.80. The van der Waals surface area contributed by atoms with Gasteiger partial charge in [0.1, 0.15) is 0 Å².